The van der Waals surface area contributed by atoms with Crippen molar-refractivity contribution in [1.29, 1.82) is 0 Å². The third-order valence-corrected chi connectivity index (χ3v) is 7.66. The third kappa shape index (κ3) is 5.05. The van der Waals surface area contributed by atoms with Crippen LogP contribution in [-0.2, 0) is 0 Å². The molecule has 37 heavy (non-hydrogen) atoms. The van der Waals surface area contributed by atoms with E-state index in [4.69, 9.17) is 14.7 Å². The van der Waals surface area contributed by atoms with Crippen molar-refractivity contribution >= 4 is 43.5 Å². The maximum atomic E-state index is 14.4. The first kappa shape index (κ1) is 24.9. The summed E-state index contributed by atoms with van der Waals surface area (Å²) in [6.07, 6.45) is 0. The molecule has 0 bridgehead atoms. The summed E-state index contributed by atoms with van der Waals surface area (Å²) in [5.41, 5.74) is 3.94. The van der Waals surface area contributed by atoms with Crippen molar-refractivity contribution < 1.29 is 9.53 Å². The minimum atomic E-state index is -0.0824. The van der Waals surface area contributed by atoms with Crippen LogP contribution in [0.3, 0.4) is 0 Å². The molecule has 0 aliphatic carbocycles. The van der Waals surface area contributed by atoms with Crippen LogP contribution in [0.4, 0.5) is 5.13 Å². The van der Waals surface area contributed by atoms with E-state index in [2.05, 4.69) is 18.7 Å². The van der Waals surface area contributed by atoms with Crippen molar-refractivity contribution in [3.05, 3.63) is 84.4 Å². The number of carbonyl (C=O) groups is 1. The number of aromatic nitrogens is 2. The molecule has 0 saturated carbocycles. The lowest BCUT2D eigenvalue weighted by Gasteiger charge is -2.25. The number of pyridine rings is 1. The largest absolute Gasteiger partial charge is 0.494 e. The second-order valence-electron chi connectivity index (χ2n) is 8.73. The third-order valence-electron chi connectivity index (χ3n) is 6.62. The molecule has 2 heterocycles. The molecule has 0 spiro atoms. The number of hydrogen-bond donors (Lipinski definition) is 0. The van der Waals surface area contributed by atoms with Crippen LogP contribution < -0.4 is 9.64 Å². The summed E-state index contributed by atoms with van der Waals surface area (Å²) in [4.78, 5) is 28.3. The van der Waals surface area contributed by atoms with Gasteiger partial charge in [0.25, 0.3) is 5.91 Å². The fourth-order valence-corrected chi connectivity index (χ4v) is 5.52. The van der Waals surface area contributed by atoms with E-state index in [1.165, 1.54) is 11.3 Å². The summed E-state index contributed by atoms with van der Waals surface area (Å²) in [5, 5.41) is 1.50. The quantitative estimate of drug-likeness (QED) is 0.226. The number of para-hydroxylation sites is 2. The summed E-state index contributed by atoms with van der Waals surface area (Å²) in [6.45, 7) is 7.40. The van der Waals surface area contributed by atoms with Crippen LogP contribution in [0.15, 0.2) is 78.9 Å². The van der Waals surface area contributed by atoms with E-state index >= 15 is 0 Å². The van der Waals surface area contributed by atoms with Crippen LogP contribution in [0.5, 0.6) is 5.75 Å². The predicted octanol–water partition coefficient (Wildman–Crippen LogP) is 6.51. The van der Waals surface area contributed by atoms with Gasteiger partial charge in [-0.05, 0) is 37.4 Å². The van der Waals surface area contributed by atoms with Gasteiger partial charge in [-0.1, -0.05) is 79.8 Å². The Labute approximate surface area is 221 Å². The second-order valence-corrected chi connectivity index (χ2v) is 9.73. The number of carbonyl (C=O) groups excluding carboxylic acids is 1. The van der Waals surface area contributed by atoms with Gasteiger partial charge in [0.15, 0.2) is 5.13 Å². The summed E-state index contributed by atoms with van der Waals surface area (Å²) in [7, 11) is 1.64. The highest BCUT2D eigenvalue weighted by Crippen LogP contribution is 2.35. The highest BCUT2D eigenvalue weighted by molar-refractivity contribution is 7.22. The Morgan fingerprint density at radius 3 is 2.41 bits per heavy atom. The monoisotopic (exact) mass is 510 g/mol. The van der Waals surface area contributed by atoms with Gasteiger partial charge in [-0.15, -0.1) is 0 Å². The smallest absolute Gasteiger partial charge is 0.260 e. The fraction of sp³-hybridized carbons (Fsp3) is 0.233. The molecule has 0 fully saturated rings. The minimum absolute atomic E-state index is 0.0824. The summed E-state index contributed by atoms with van der Waals surface area (Å²) >= 11 is 1.51. The molecule has 0 aliphatic rings. The zero-order chi connectivity index (χ0) is 25.8. The average Bonchev–Trinajstić information content (AvgIpc) is 3.39. The van der Waals surface area contributed by atoms with E-state index in [0.717, 1.165) is 52.0 Å². The second kappa shape index (κ2) is 11.1. The Bertz CT molecular complexity index is 1530. The number of anilines is 1. The van der Waals surface area contributed by atoms with Crippen LogP contribution in [0.2, 0.25) is 0 Å². The molecule has 1 amide bonds. The lowest BCUT2D eigenvalue weighted by Crippen LogP contribution is -2.39. The van der Waals surface area contributed by atoms with Gasteiger partial charge in [0.2, 0.25) is 0 Å². The summed E-state index contributed by atoms with van der Waals surface area (Å²) in [5.74, 6) is 0.623. The Morgan fingerprint density at radius 2 is 1.65 bits per heavy atom. The molecule has 0 N–H and O–H groups in total. The molecular weight excluding hydrogens is 480 g/mol. The Hall–Kier alpha value is -3.81. The van der Waals surface area contributed by atoms with Crippen LogP contribution in [0.25, 0.3) is 32.4 Å². The Balaban J connectivity index is 1.64. The average molecular weight is 511 g/mol. The van der Waals surface area contributed by atoms with E-state index in [9.17, 15) is 4.79 Å². The molecule has 7 heteroatoms. The number of hydrogen-bond acceptors (Lipinski definition) is 6. The number of thiazole rings is 1. The first-order valence-electron chi connectivity index (χ1n) is 12.6. The molecule has 0 atom stereocenters. The molecular formula is C30H30N4O2S. The van der Waals surface area contributed by atoms with E-state index in [-0.39, 0.29) is 5.91 Å². The van der Waals surface area contributed by atoms with E-state index < -0.39 is 0 Å². The molecule has 3 aromatic carbocycles. The van der Waals surface area contributed by atoms with Crippen molar-refractivity contribution in [3.8, 4) is 17.0 Å². The molecule has 5 aromatic rings. The maximum absolute atomic E-state index is 14.4. The van der Waals surface area contributed by atoms with Crippen LogP contribution >= 0.6 is 11.3 Å². The Kier molecular flexibility index (Phi) is 7.44. The van der Waals surface area contributed by atoms with Crippen LogP contribution in [0, 0.1) is 0 Å². The number of likely N-dealkylation sites (N-methyl/N-ethyl adjacent to an activating group) is 1. The van der Waals surface area contributed by atoms with E-state index in [1.54, 1.807) is 7.11 Å². The van der Waals surface area contributed by atoms with Crippen molar-refractivity contribution in [1.82, 2.24) is 14.9 Å². The Morgan fingerprint density at radius 1 is 0.892 bits per heavy atom. The molecule has 0 radical (unpaired) electrons. The number of amides is 1. The fourth-order valence-electron chi connectivity index (χ4n) is 4.51. The molecule has 0 unspecified atom stereocenters. The van der Waals surface area contributed by atoms with Gasteiger partial charge < -0.3 is 9.64 Å². The topological polar surface area (TPSA) is 58.6 Å². The molecule has 6 nitrogen and oxygen atoms in total. The number of methoxy groups -OCH3 is 1. The number of nitrogens with zero attached hydrogens (tertiary/aromatic N) is 4. The SMILES string of the molecule is CCN(CC)CCN(C(=O)c1cc(-c2ccccc2)nc2ccccc12)c1nc2c(OC)cccc2s1. The first-order valence-corrected chi connectivity index (χ1v) is 13.4. The highest BCUT2D eigenvalue weighted by atomic mass is 32.1. The number of fused-ring (bicyclic) bond motifs is 2. The molecule has 0 aliphatic heterocycles. The zero-order valence-electron chi connectivity index (χ0n) is 21.3. The van der Waals surface area contributed by atoms with Gasteiger partial charge >= 0.3 is 0 Å². The predicted molar refractivity (Wildman–Crippen MR) is 153 cm³/mol. The van der Waals surface area contributed by atoms with Gasteiger partial charge in [-0.3, -0.25) is 9.69 Å². The highest BCUT2D eigenvalue weighted by Gasteiger charge is 2.25. The maximum Gasteiger partial charge on any atom is 0.260 e. The lowest BCUT2D eigenvalue weighted by atomic mass is 10.0. The van der Waals surface area contributed by atoms with Crippen LogP contribution in [-0.4, -0.2) is 54.1 Å². The van der Waals surface area contributed by atoms with Crippen molar-refractivity contribution in [2.45, 2.75) is 13.8 Å². The minimum Gasteiger partial charge on any atom is -0.494 e. The summed E-state index contributed by atoms with van der Waals surface area (Å²) < 4.78 is 6.53. The number of ether oxygens (including phenoxy) is 1. The van der Waals surface area contributed by atoms with Crippen molar-refractivity contribution in [3.63, 3.8) is 0 Å². The molecule has 188 valence electrons. The van der Waals surface area contributed by atoms with Gasteiger partial charge in [0.1, 0.15) is 11.3 Å². The molecule has 5 rings (SSSR count). The zero-order valence-corrected chi connectivity index (χ0v) is 22.2. The molecule has 0 saturated heterocycles. The van der Waals surface area contributed by atoms with Gasteiger partial charge in [-0.25, -0.2) is 9.97 Å². The van der Waals surface area contributed by atoms with Crippen molar-refractivity contribution in [2.24, 2.45) is 0 Å². The standard InChI is InChI=1S/C30H30N4O2S/c1-4-33(5-2)18-19-34(30-32-28-26(36-3)16-11-17-27(28)37-30)29(35)23-20-25(21-12-7-6-8-13-21)31-24-15-10-9-14-22(23)24/h6-17,20H,4-5,18-19H2,1-3H3. The number of benzene rings is 3. The summed E-state index contributed by atoms with van der Waals surface area (Å²) in [6, 6.07) is 25.6. The van der Waals surface area contributed by atoms with E-state index in [1.807, 2.05) is 83.8 Å². The first-order chi connectivity index (χ1) is 18.1. The molecule has 2 aromatic heterocycles. The van der Waals surface area contributed by atoms with E-state index in [0.29, 0.717) is 23.0 Å². The lowest BCUT2D eigenvalue weighted by molar-refractivity contribution is 0.0985. The van der Waals surface area contributed by atoms with Crippen LogP contribution in [0.1, 0.15) is 24.2 Å². The van der Waals surface area contributed by atoms with Gasteiger partial charge in [0.05, 0.1) is 28.6 Å². The van der Waals surface area contributed by atoms with Gasteiger partial charge in [-0.2, -0.15) is 0 Å². The normalized spacial score (nSPS) is 11.4. The van der Waals surface area contributed by atoms with Gasteiger partial charge in [0, 0.05) is 24.0 Å². The van der Waals surface area contributed by atoms with Crippen molar-refractivity contribution in [2.75, 3.05) is 38.2 Å². The number of rotatable bonds is 9.